The lowest BCUT2D eigenvalue weighted by Gasteiger charge is -2.12. The molecule has 7 nitrogen and oxygen atoms in total. The van der Waals surface area contributed by atoms with Crippen molar-refractivity contribution in [1.29, 1.82) is 0 Å². The summed E-state index contributed by atoms with van der Waals surface area (Å²) in [6.07, 6.45) is 6.43. The Morgan fingerprint density at radius 2 is 1.83 bits per heavy atom. The minimum absolute atomic E-state index is 0.172. The summed E-state index contributed by atoms with van der Waals surface area (Å²) in [5.74, 6) is -0.0714. The number of hydrogen-bond donors (Lipinski definition) is 1. The summed E-state index contributed by atoms with van der Waals surface area (Å²) in [5, 5.41) is 2.96. The first-order chi connectivity index (χ1) is 17.6. The van der Waals surface area contributed by atoms with E-state index in [0.29, 0.717) is 51.7 Å². The Kier molecular flexibility index (Phi) is 6.75. The zero-order chi connectivity index (χ0) is 24.9. The van der Waals surface area contributed by atoms with Gasteiger partial charge in [0.15, 0.2) is 0 Å². The number of amides is 1. The first-order valence-electron chi connectivity index (χ1n) is 11.7. The molecule has 180 valence electrons. The van der Waals surface area contributed by atoms with Crippen LogP contribution in [0.5, 0.6) is 5.88 Å². The number of carbonyl (C=O) groups excluding carboxylic acids is 1. The van der Waals surface area contributed by atoms with Gasteiger partial charge in [0.2, 0.25) is 5.88 Å². The Morgan fingerprint density at radius 1 is 1.00 bits per heavy atom. The maximum absolute atomic E-state index is 13.6. The van der Waals surface area contributed by atoms with Gasteiger partial charge in [-0.2, -0.15) is 0 Å². The van der Waals surface area contributed by atoms with Gasteiger partial charge >= 0.3 is 0 Å². The number of nitrogens with one attached hydrogen (secondary N) is 1. The molecule has 1 aliphatic heterocycles. The first kappa shape index (κ1) is 23.3. The van der Waals surface area contributed by atoms with E-state index in [1.807, 2.05) is 24.4 Å². The molecular weight excluding hydrogens is 457 g/mol. The highest BCUT2D eigenvalue weighted by atomic mass is 19.1. The van der Waals surface area contributed by atoms with E-state index in [9.17, 15) is 9.18 Å². The number of methoxy groups -OCH3 is 1. The summed E-state index contributed by atoms with van der Waals surface area (Å²) in [6, 6.07) is 16.7. The summed E-state index contributed by atoms with van der Waals surface area (Å²) in [6.45, 7) is 0.560. The topological polar surface area (TPSA) is 89.4 Å². The molecule has 8 heteroatoms. The average molecular weight is 482 g/mol. The van der Waals surface area contributed by atoms with Crippen LogP contribution in [0.3, 0.4) is 0 Å². The van der Waals surface area contributed by atoms with Gasteiger partial charge in [-0.05, 0) is 61.4 Å². The number of nitrogens with zero attached hydrogens (tertiary/aromatic N) is 4. The molecule has 0 atom stereocenters. The van der Waals surface area contributed by atoms with Crippen LogP contribution in [0, 0.1) is 5.82 Å². The molecule has 0 saturated carbocycles. The number of rotatable bonds is 8. The number of carbonyl (C=O) groups is 1. The Hall–Kier alpha value is -4.46. The molecule has 0 fully saturated rings. The normalized spacial score (nSPS) is 12.6. The summed E-state index contributed by atoms with van der Waals surface area (Å²) in [7, 11) is 1.54. The molecular formula is C28H24FN5O2. The Morgan fingerprint density at radius 3 is 2.61 bits per heavy atom. The number of halogens is 1. The number of allylic oxidation sites excluding steroid dienone is 1. The third kappa shape index (κ3) is 5.12. The monoisotopic (exact) mass is 481 g/mol. The maximum Gasteiger partial charge on any atom is 0.251 e. The lowest BCUT2D eigenvalue weighted by Crippen LogP contribution is -2.24. The van der Waals surface area contributed by atoms with Gasteiger partial charge in [0.05, 0.1) is 29.5 Å². The van der Waals surface area contributed by atoms with E-state index < -0.39 is 0 Å². The second-order valence-corrected chi connectivity index (χ2v) is 8.34. The fourth-order valence-corrected chi connectivity index (χ4v) is 4.01. The second kappa shape index (κ2) is 10.4. The molecule has 0 radical (unpaired) electrons. The van der Waals surface area contributed by atoms with E-state index in [1.165, 1.54) is 12.1 Å². The van der Waals surface area contributed by atoms with Gasteiger partial charge in [0.1, 0.15) is 11.5 Å². The Labute approximate surface area is 207 Å². The molecule has 2 aromatic carbocycles. The molecule has 0 saturated heterocycles. The quantitative estimate of drug-likeness (QED) is 0.342. The number of hydrogen-bond acceptors (Lipinski definition) is 6. The maximum atomic E-state index is 13.6. The van der Waals surface area contributed by atoms with Crippen molar-refractivity contribution in [2.75, 3.05) is 13.7 Å². The number of benzene rings is 2. The van der Waals surface area contributed by atoms with Crippen molar-refractivity contribution in [3.63, 3.8) is 0 Å². The molecule has 36 heavy (non-hydrogen) atoms. The van der Waals surface area contributed by atoms with Gasteiger partial charge in [-0.3, -0.25) is 9.79 Å². The third-order valence-electron chi connectivity index (χ3n) is 5.86. The molecule has 1 amide bonds. The van der Waals surface area contributed by atoms with Crippen LogP contribution in [0.1, 0.15) is 29.6 Å². The zero-order valence-corrected chi connectivity index (χ0v) is 19.7. The highest BCUT2D eigenvalue weighted by Crippen LogP contribution is 2.31. The number of fused-ring (bicyclic) bond motifs is 1. The van der Waals surface area contributed by atoms with Gasteiger partial charge < -0.3 is 10.1 Å². The van der Waals surface area contributed by atoms with E-state index in [0.717, 1.165) is 25.0 Å². The van der Waals surface area contributed by atoms with Crippen molar-refractivity contribution in [2.24, 2.45) is 4.99 Å². The van der Waals surface area contributed by atoms with Crippen molar-refractivity contribution in [3.05, 3.63) is 84.3 Å². The molecule has 0 spiro atoms. The van der Waals surface area contributed by atoms with Crippen molar-refractivity contribution in [3.8, 4) is 28.5 Å². The minimum atomic E-state index is -0.336. The van der Waals surface area contributed by atoms with Crippen LogP contribution in [-0.4, -0.2) is 40.2 Å². The van der Waals surface area contributed by atoms with Crippen LogP contribution >= 0.6 is 0 Å². The summed E-state index contributed by atoms with van der Waals surface area (Å²) in [4.78, 5) is 31.2. The SMILES string of the molecule is COc1cccc(-c2nc3cc(C(=O)NCCCC4=NC=CC4)ccc3nc2-c2ccc(F)cc2)n1. The van der Waals surface area contributed by atoms with Crippen LogP contribution in [0.4, 0.5) is 4.39 Å². The van der Waals surface area contributed by atoms with Crippen LogP contribution < -0.4 is 10.1 Å². The second-order valence-electron chi connectivity index (χ2n) is 8.34. The van der Waals surface area contributed by atoms with Gasteiger partial charge in [-0.25, -0.2) is 19.3 Å². The van der Waals surface area contributed by atoms with E-state index >= 15 is 0 Å². The van der Waals surface area contributed by atoms with Crippen molar-refractivity contribution >= 4 is 22.7 Å². The summed E-state index contributed by atoms with van der Waals surface area (Å²) in [5.41, 5.74) is 5.14. The molecule has 3 heterocycles. The van der Waals surface area contributed by atoms with Gasteiger partial charge in [-0.1, -0.05) is 12.1 Å². The Balaban J connectivity index is 1.46. The molecule has 5 rings (SSSR count). The molecule has 0 aliphatic carbocycles. The average Bonchev–Trinajstić information content (AvgIpc) is 3.44. The molecule has 2 aromatic heterocycles. The van der Waals surface area contributed by atoms with Crippen molar-refractivity contribution < 1.29 is 13.9 Å². The fraction of sp³-hybridized carbons (Fsp3) is 0.179. The predicted molar refractivity (Wildman–Crippen MR) is 137 cm³/mol. The lowest BCUT2D eigenvalue weighted by atomic mass is 10.1. The fourth-order valence-electron chi connectivity index (χ4n) is 4.01. The van der Waals surface area contributed by atoms with E-state index in [1.54, 1.807) is 43.5 Å². The van der Waals surface area contributed by atoms with Crippen LogP contribution in [0.15, 0.2) is 77.9 Å². The van der Waals surface area contributed by atoms with Gasteiger partial charge in [0.25, 0.3) is 5.91 Å². The number of pyridine rings is 1. The number of aromatic nitrogens is 3. The molecule has 4 aromatic rings. The van der Waals surface area contributed by atoms with E-state index in [4.69, 9.17) is 14.7 Å². The molecule has 0 bridgehead atoms. The van der Waals surface area contributed by atoms with E-state index in [2.05, 4.69) is 15.3 Å². The van der Waals surface area contributed by atoms with Gasteiger partial charge in [-0.15, -0.1) is 0 Å². The third-order valence-corrected chi connectivity index (χ3v) is 5.86. The standard InChI is InChI=1S/C28H24FN5O2/c1-36-25-8-2-7-23(32-25)27-26(18-9-12-20(29)13-10-18)33-22-14-11-19(17-24(22)34-27)28(35)31-16-4-6-21-5-3-15-30-21/h2-3,7-15,17H,4-6,16H2,1H3,(H,31,35). The van der Waals surface area contributed by atoms with Crippen LogP contribution in [0.2, 0.25) is 0 Å². The summed E-state index contributed by atoms with van der Waals surface area (Å²) >= 11 is 0. The van der Waals surface area contributed by atoms with Crippen LogP contribution in [-0.2, 0) is 0 Å². The van der Waals surface area contributed by atoms with Crippen LogP contribution in [0.25, 0.3) is 33.7 Å². The predicted octanol–water partition coefficient (Wildman–Crippen LogP) is 5.37. The highest BCUT2D eigenvalue weighted by Gasteiger charge is 2.16. The van der Waals surface area contributed by atoms with Gasteiger partial charge in [0, 0.05) is 42.1 Å². The van der Waals surface area contributed by atoms with Crippen molar-refractivity contribution in [1.82, 2.24) is 20.3 Å². The lowest BCUT2D eigenvalue weighted by molar-refractivity contribution is 0.0953. The number of aliphatic imine (C=N–C) groups is 1. The summed E-state index contributed by atoms with van der Waals surface area (Å²) < 4.78 is 18.9. The van der Waals surface area contributed by atoms with E-state index in [-0.39, 0.29) is 11.7 Å². The first-order valence-corrected chi connectivity index (χ1v) is 11.7. The molecule has 1 N–H and O–H groups in total. The Bertz CT molecular complexity index is 1480. The zero-order valence-electron chi connectivity index (χ0n) is 19.7. The van der Waals surface area contributed by atoms with Crippen molar-refractivity contribution in [2.45, 2.75) is 19.3 Å². The molecule has 0 unspecified atom stereocenters. The highest BCUT2D eigenvalue weighted by molar-refractivity contribution is 5.98. The smallest absolute Gasteiger partial charge is 0.251 e. The largest absolute Gasteiger partial charge is 0.481 e. The minimum Gasteiger partial charge on any atom is -0.481 e. The molecule has 1 aliphatic rings. The number of ether oxygens (including phenoxy) is 1.